The van der Waals surface area contributed by atoms with Crippen LogP contribution in [-0.2, 0) is 19.6 Å². The summed E-state index contributed by atoms with van der Waals surface area (Å²) in [6.45, 7) is 4.49. The van der Waals surface area contributed by atoms with Gasteiger partial charge in [-0.05, 0) is 56.7 Å². The van der Waals surface area contributed by atoms with Crippen molar-refractivity contribution < 1.29 is 22.7 Å². The Balaban J connectivity index is 1.68. The Morgan fingerprint density at radius 1 is 1.17 bits per heavy atom. The molecular weight excluding hydrogens is 428 g/mol. The lowest BCUT2D eigenvalue weighted by Gasteiger charge is -2.30. The van der Waals surface area contributed by atoms with Crippen LogP contribution < -0.4 is 5.32 Å². The number of carbonyl (C=O) groups is 2. The fourth-order valence-corrected chi connectivity index (χ4v) is 6.03. The number of hydrogen-bond donors (Lipinski definition) is 1. The molecule has 166 valence electrons. The molecule has 1 aromatic carbocycles. The molecule has 1 aliphatic heterocycles. The first-order valence-corrected chi connectivity index (χ1v) is 12.3. The van der Waals surface area contributed by atoms with Crippen molar-refractivity contribution in [2.45, 2.75) is 69.4 Å². The number of benzene rings is 1. The summed E-state index contributed by atoms with van der Waals surface area (Å²) in [7, 11) is -3.78. The van der Waals surface area contributed by atoms with Gasteiger partial charge in [-0.3, -0.25) is 4.79 Å². The minimum Gasteiger partial charge on any atom is -0.449 e. The van der Waals surface area contributed by atoms with E-state index in [0.717, 1.165) is 38.5 Å². The van der Waals surface area contributed by atoms with Gasteiger partial charge < -0.3 is 10.1 Å². The number of esters is 1. The Bertz CT molecular complexity index is 899. The molecule has 30 heavy (non-hydrogen) atoms. The highest BCUT2D eigenvalue weighted by Gasteiger charge is 2.31. The van der Waals surface area contributed by atoms with E-state index in [4.69, 9.17) is 16.3 Å². The summed E-state index contributed by atoms with van der Waals surface area (Å²) in [5, 5.41) is 3.02. The van der Waals surface area contributed by atoms with Gasteiger partial charge in [-0.1, -0.05) is 31.4 Å². The van der Waals surface area contributed by atoms with Gasteiger partial charge in [0.25, 0.3) is 5.91 Å². The minimum atomic E-state index is -3.78. The molecule has 1 heterocycles. The number of nitrogens with one attached hydrogen (secondary N) is 1. The summed E-state index contributed by atoms with van der Waals surface area (Å²) in [5.41, 5.74) is 0.0443. The van der Waals surface area contributed by atoms with E-state index >= 15 is 0 Å². The number of nitrogens with zero attached hydrogens (tertiary/aromatic N) is 1. The first-order valence-electron chi connectivity index (χ1n) is 10.5. The van der Waals surface area contributed by atoms with Gasteiger partial charge in [-0.25, -0.2) is 13.2 Å². The Morgan fingerprint density at radius 3 is 2.50 bits per heavy atom. The van der Waals surface area contributed by atoms with E-state index in [2.05, 4.69) is 12.2 Å². The first-order chi connectivity index (χ1) is 14.2. The topological polar surface area (TPSA) is 92.8 Å². The molecule has 3 rings (SSSR count). The second-order valence-corrected chi connectivity index (χ2v) is 10.5. The van der Waals surface area contributed by atoms with Crippen LogP contribution in [0.15, 0.2) is 23.1 Å². The maximum atomic E-state index is 12.8. The van der Waals surface area contributed by atoms with E-state index in [1.165, 1.54) is 29.4 Å². The molecule has 1 saturated carbocycles. The van der Waals surface area contributed by atoms with Crippen molar-refractivity contribution >= 4 is 33.5 Å². The van der Waals surface area contributed by atoms with Crippen molar-refractivity contribution in [3.8, 4) is 0 Å². The van der Waals surface area contributed by atoms with Crippen LogP contribution in [0.1, 0.15) is 62.7 Å². The molecule has 7 nitrogen and oxygen atoms in total. The van der Waals surface area contributed by atoms with Crippen molar-refractivity contribution in [1.29, 1.82) is 0 Å². The summed E-state index contributed by atoms with van der Waals surface area (Å²) in [4.78, 5) is 24.9. The third-order valence-corrected chi connectivity index (χ3v) is 8.32. The number of sulfonamides is 1. The average Bonchev–Trinajstić information content (AvgIpc) is 3.25. The maximum Gasteiger partial charge on any atom is 0.338 e. The van der Waals surface area contributed by atoms with Crippen molar-refractivity contribution in [3.63, 3.8) is 0 Å². The maximum absolute atomic E-state index is 12.8. The van der Waals surface area contributed by atoms with Crippen LogP contribution in [0.2, 0.25) is 5.02 Å². The Morgan fingerprint density at radius 2 is 1.83 bits per heavy atom. The van der Waals surface area contributed by atoms with Crippen LogP contribution in [-0.4, -0.2) is 49.8 Å². The van der Waals surface area contributed by atoms with Crippen LogP contribution in [0.5, 0.6) is 0 Å². The van der Waals surface area contributed by atoms with Crippen LogP contribution in [0, 0.1) is 5.92 Å². The van der Waals surface area contributed by atoms with Gasteiger partial charge in [-0.2, -0.15) is 4.31 Å². The smallest absolute Gasteiger partial charge is 0.338 e. The minimum absolute atomic E-state index is 0.0443. The normalized spacial score (nSPS) is 23.7. The molecule has 0 aromatic heterocycles. The van der Waals surface area contributed by atoms with Crippen molar-refractivity contribution in [2.75, 3.05) is 13.1 Å². The SMILES string of the molecule is C[C@H](OC(=O)c1ccc(Cl)c(S(=O)(=O)N2CCCC2)c1)C(=O)N[C@@H]1CCCC[C@@H]1C. The molecule has 1 N–H and O–H groups in total. The second kappa shape index (κ2) is 9.66. The summed E-state index contributed by atoms with van der Waals surface area (Å²) in [6, 6.07) is 4.09. The zero-order valence-corrected chi connectivity index (χ0v) is 19.0. The standard InChI is InChI=1S/C21H29ClN2O5S/c1-14-7-3-4-8-18(14)23-20(25)15(2)29-21(26)16-9-10-17(22)19(13-16)30(27,28)24-11-5-6-12-24/h9-10,13-15,18H,3-8,11-12H2,1-2H3,(H,23,25)/t14-,15-,18+/m0/s1. The van der Waals surface area contributed by atoms with Gasteiger partial charge in [0, 0.05) is 19.1 Å². The predicted octanol–water partition coefficient (Wildman–Crippen LogP) is 3.36. The highest BCUT2D eigenvalue weighted by molar-refractivity contribution is 7.89. The molecule has 2 aliphatic rings. The van der Waals surface area contributed by atoms with E-state index in [1.807, 2.05) is 0 Å². The van der Waals surface area contributed by atoms with Gasteiger partial charge in [0.15, 0.2) is 6.10 Å². The molecule has 3 atom stereocenters. The molecule has 0 unspecified atom stereocenters. The second-order valence-electron chi connectivity index (χ2n) is 8.18. The fraction of sp³-hybridized carbons (Fsp3) is 0.619. The third kappa shape index (κ3) is 5.15. The number of ether oxygens (including phenoxy) is 1. The molecule has 1 aliphatic carbocycles. The molecule has 1 aromatic rings. The molecule has 1 amide bonds. The summed E-state index contributed by atoms with van der Waals surface area (Å²) < 4.78 is 32.3. The highest BCUT2D eigenvalue weighted by Crippen LogP contribution is 2.28. The summed E-state index contributed by atoms with van der Waals surface area (Å²) >= 11 is 6.12. The van der Waals surface area contributed by atoms with E-state index < -0.39 is 22.1 Å². The van der Waals surface area contributed by atoms with E-state index in [-0.39, 0.29) is 27.4 Å². The van der Waals surface area contributed by atoms with Gasteiger partial charge in [0.1, 0.15) is 4.90 Å². The first kappa shape index (κ1) is 23.0. The van der Waals surface area contributed by atoms with Crippen LogP contribution in [0.4, 0.5) is 0 Å². The van der Waals surface area contributed by atoms with E-state index in [1.54, 1.807) is 0 Å². The van der Waals surface area contributed by atoms with Gasteiger partial charge in [0.05, 0.1) is 10.6 Å². The van der Waals surface area contributed by atoms with Crippen LogP contribution in [0.25, 0.3) is 0 Å². The summed E-state index contributed by atoms with van der Waals surface area (Å²) in [5.74, 6) is -0.718. The molecule has 0 spiro atoms. The molecule has 0 radical (unpaired) electrons. The predicted molar refractivity (Wildman–Crippen MR) is 114 cm³/mol. The number of amides is 1. The van der Waals surface area contributed by atoms with Gasteiger partial charge in [0.2, 0.25) is 10.0 Å². The lowest BCUT2D eigenvalue weighted by molar-refractivity contribution is -0.130. The van der Waals surface area contributed by atoms with E-state index in [0.29, 0.717) is 19.0 Å². The molecular formula is C21H29ClN2O5S. The lowest BCUT2D eigenvalue weighted by atomic mass is 9.86. The molecule has 0 bridgehead atoms. The monoisotopic (exact) mass is 456 g/mol. The zero-order valence-electron chi connectivity index (χ0n) is 17.4. The van der Waals surface area contributed by atoms with Crippen molar-refractivity contribution in [2.24, 2.45) is 5.92 Å². The fourth-order valence-electron chi connectivity index (χ4n) is 4.01. The van der Waals surface area contributed by atoms with E-state index in [9.17, 15) is 18.0 Å². The number of rotatable bonds is 6. The Hall–Kier alpha value is -1.64. The average molecular weight is 457 g/mol. The molecule has 2 fully saturated rings. The number of halogens is 1. The van der Waals surface area contributed by atoms with Crippen LogP contribution >= 0.6 is 11.6 Å². The van der Waals surface area contributed by atoms with Gasteiger partial charge >= 0.3 is 5.97 Å². The lowest BCUT2D eigenvalue weighted by Crippen LogP contribution is -2.46. The van der Waals surface area contributed by atoms with Crippen molar-refractivity contribution in [1.82, 2.24) is 9.62 Å². The van der Waals surface area contributed by atoms with Crippen LogP contribution in [0.3, 0.4) is 0 Å². The number of carbonyl (C=O) groups excluding carboxylic acids is 2. The quantitative estimate of drug-likeness (QED) is 0.662. The third-order valence-electron chi connectivity index (χ3n) is 5.94. The van der Waals surface area contributed by atoms with Gasteiger partial charge in [-0.15, -0.1) is 0 Å². The Kier molecular flexibility index (Phi) is 7.42. The molecule has 9 heteroatoms. The summed E-state index contributed by atoms with van der Waals surface area (Å²) in [6.07, 6.45) is 4.83. The Labute approximate surface area is 183 Å². The number of hydrogen-bond acceptors (Lipinski definition) is 5. The molecule has 1 saturated heterocycles. The largest absolute Gasteiger partial charge is 0.449 e. The zero-order chi connectivity index (χ0) is 21.9. The van der Waals surface area contributed by atoms with Crippen molar-refractivity contribution in [3.05, 3.63) is 28.8 Å². The highest BCUT2D eigenvalue weighted by atomic mass is 35.5.